The molecule has 1 amide bonds. The Morgan fingerprint density at radius 3 is 2.62 bits per heavy atom. The average molecular weight is 369 g/mol. The van der Waals surface area contributed by atoms with Gasteiger partial charge in [-0.1, -0.05) is 35.3 Å². The van der Waals surface area contributed by atoms with Crippen LogP contribution in [0.2, 0.25) is 10.3 Å². The second-order valence-electron chi connectivity index (χ2n) is 5.53. The van der Waals surface area contributed by atoms with Crippen LogP contribution in [0.15, 0.2) is 36.4 Å². The summed E-state index contributed by atoms with van der Waals surface area (Å²) in [4.78, 5) is 16.4. The molecule has 2 heterocycles. The minimum Gasteiger partial charge on any atom is -0.376 e. The number of nitrogens with zero attached hydrogens (tertiary/aromatic N) is 1. The van der Waals surface area contributed by atoms with Crippen molar-refractivity contribution >= 4 is 29.1 Å². The van der Waals surface area contributed by atoms with Crippen LogP contribution < -0.4 is 5.32 Å². The van der Waals surface area contributed by atoms with Crippen molar-refractivity contribution in [2.24, 2.45) is 0 Å². The minimum atomic E-state index is -0.396. The maximum Gasteiger partial charge on any atom is 0.254 e. The molecular weight excluding hydrogens is 354 g/mol. The zero-order valence-corrected chi connectivity index (χ0v) is 14.1. The Morgan fingerprint density at radius 1 is 1.25 bits per heavy atom. The van der Waals surface area contributed by atoms with Crippen molar-refractivity contribution in [2.45, 2.75) is 25.0 Å². The van der Waals surface area contributed by atoms with Crippen molar-refractivity contribution in [3.05, 3.63) is 63.6 Å². The number of amides is 1. The first kappa shape index (κ1) is 17.1. The highest BCUT2D eigenvalue weighted by Gasteiger charge is 2.29. The van der Waals surface area contributed by atoms with Gasteiger partial charge in [-0.3, -0.25) is 4.79 Å². The second-order valence-corrected chi connectivity index (χ2v) is 6.27. The van der Waals surface area contributed by atoms with Crippen molar-refractivity contribution < 1.29 is 13.9 Å². The topological polar surface area (TPSA) is 51.2 Å². The largest absolute Gasteiger partial charge is 0.376 e. The molecule has 24 heavy (non-hydrogen) atoms. The van der Waals surface area contributed by atoms with E-state index in [2.05, 4.69) is 10.3 Å². The SMILES string of the molecule is O=C(N[C@H](c1ccc(F)cc1)[C@H]1CCCO1)c1ccc(Cl)nc1Cl. The molecule has 3 rings (SSSR count). The van der Waals surface area contributed by atoms with E-state index < -0.39 is 6.04 Å². The molecule has 0 aliphatic carbocycles. The predicted molar refractivity (Wildman–Crippen MR) is 89.8 cm³/mol. The summed E-state index contributed by atoms with van der Waals surface area (Å²) in [6, 6.07) is 8.63. The maximum absolute atomic E-state index is 13.2. The summed E-state index contributed by atoms with van der Waals surface area (Å²) in [5.41, 5.74) is 1.00. The Labute approximate surface area is 148 Å². The lowest BCUT2D eigenvalue weighted by Crippen LogP contribution is -2.36. The number of hydrogen-bond acceptors (Lipinski definition) is 3. The van der Waals surface area contributed by atoms with Gasteiger partial charge in [-0.15, -0.1) is 0 Å². The lowest BCUT2D eigenvalue weighted by Gasteiger charge is -2.25. The maximum atomic E-state index is 13.2. The quantitative estimate of drug-likeness (QED) is 0.823. The normalized spacial score (nSPS) is 18.4. The molecule has 2 atom stereocenters. The Morgan fingerprint density at radius 2 is 2.00 bits per heavy atom. The molecule has 4 nitrogen and oxygen atoms in total. The molecule has 126 valence electrons. The highest BCUT2D eigenvalue weighted by atomic mass is 35.5. The average Bonchev–Trinajstić information content (AvgIpc) is 3.07. The first-order valence-electron chi connectivity index (χ1n) is 7.54. The number of hydrogen-bond donors (Lipinski definition) is 1. The van der Waals surface area contributed by atoms with Crippen LogP contribution in [0.25, 0.3) is 0 Å². The summed E-state index contributed by atoms with van der Waals surface area (Å²) < 4.78 is 18.9. The third-order valence-electron chi connectivity index (χ3n) is 3.91. The van der Waals surface area contributed by atoms with Crippen molar-refractivity contribution in [1.29, 1.82) is 0 Å². The third-order valence-corrected chi connectivity index (χ3v) is 4.41. The zero-order valence-electron chi connectivity index (χ0n) is 12.6. The van der Waals surface area contributed by atoms with Gasteiger partial charge in [0, 0.05) is 6.61 Å². The first-order valence-corrected chi connectivity index (χ1v) is 8.30. The van der Waals surface area contributed by atoms with Crippen LogP contribution in [0.3, 0.4) is 0 Å². The number of halogens is 3. The summed E-state index contributed by atoms with van der Waals surface area (Å²) in [5, 5.41) is 3.16. The van der Waals surface area contributed by atoms with Gasteiger partial charge < -0.3 is 10.1 Å². The van der Waals surface area contributed by atoms with Crippen molar-refractivity contribution in [2.75, 3.05) is 6.61 Å². The van der Waals surface area contributed by atoms with E-state index in [1.54, 1.807) is 12.1 Å². The lowest BCUT2D eigenvalue weighted by molar-refractivity contribution is 0.0672. The number of benzene rings is 1. The van der Waals surface area contributed by atoms with E-state index in [0.29, 0.717) is 6.61 Å². The number of carbonyl (C=O) groups excluding carboxylic acids is 1. The van der Waals surface area contributed by atoms with Gasteiger partial charge in [-0.2, -0.15) is 0 Å². The molecule has 1 fully saturated rings. The fourth-order valence-corrected chi connectivity index (χ4v) is 3.16. The van der Waals surface area contributed by atoms with Gasteiger partial charge in [0.25, 0.3) is 5.91 Å². The smallest absolute Gasteiger partial charge is 0.254 e. The van der Waals surface area contributed by atoms with Crippen LogP contribution in [-0.2, 0) is 4.74 Å². The molecule has 0 radical (unpaired) electrons. The fraction of sp³-hybridized carbons (Fsp3) is 0.294. The van der Waals surface area contributed by atoms with Gasteiger partial charge in [0.2, 0.25) is 0 Å². The first-order chi connectivity index (χ1) is 11.5. The summed E-state index contributed by atoms with van der Waals surface area (Å²) >= 11 is 11.8. The molecule has 2 aromatic rings. The van der Waals surface area contributed by atoms with E-state index in [0.717, 1.165) is 18.4 Å². The van der Waals surface area contributed by atoms with Crippen LogP contribution in [0.5, 0.6) is 0 Å². The van der Waals surface area contributed by atoms with Crippen LogP contribution >= 0.6 is 23.2 Å². The van der Waals surface area contributed by atoms with Crippen molar-refractivity contribution in [1.82, 2.24) is 10.3 Å². The summed E-state index contributed by atoms with van der Waals surface area (Å²) in [6.45, 7) is 0.640. The van der Waals surface area contributed by atoms with E-state index in [-0.39, 0.29) is 33.7 Å². The number of ether oxygens (including phenoxy) is 1. The highest BCUT2D eigenvalue weighted by molar-refractivity contribution is 6.34. The summed E-state index contributed by atoms with van der Waals surface area (Å²) in [5.74, 6) is -0.713. The van der Waals surface area contributed by atoms with Crippen LogP contribution in [-0.4, -0.2) is 23.6 Å². The predicted octanol–water partition coefficient (Wildman–Crippen LogP) is 4.18. The van der Waals surface area contributed by atoms with Gasteiger partial charge in [0.1, 0.15) is 16.1 Å². The monoisotopic (exact) mass is 368 g/mol. The van der Waals surface area contributed by atoms with Crippen LogP contribution in [0.1, 0.15) is 34.8 Å². The Hall–Kier alpha value is -1.69. The third kappa shape index (κ3) is 3.86. The zero-order chi connectivity index (χ0) is 17.1. The Bertz CT molecular complexity index is 734. The summed E-state index contributed by atoms with van der Waals surface area (Å²) in [6.07, 6.45) is 1.56. The van der Waals surface area contributed by atoms with Gasteiger partial charge in [-0.05, 0) is 42.7 Å². The van der Waals surface area contributed by atoms with E-state index in [9.17, 15) is 9.18 Å². The molecule has 1 aromatic heterocycles. The fourth-order valence-electron chi connectivity index (χ4n) is 2.73. The van der Waals surface area contributed by atoms with Gasteiger partial charge >= 0.3 is 0 Å². The number of rotatable bonds is 4. The molecule has 7 heteroatoms. The van der Waals surface area contributed by atoms with E-state index in [4.69, 9.17) is 27.9 Å². The molecule has 0 spiro atoms. The van der Waals surface area contributed by atoms with Crippen LogP contribution in [0, 0.1) is 5.82 Å². The Kier molecular flexibility index (Phi) is 5.33. The van der Waals surface area contributed by atoms with E-state index in [1.165, 1.54) is 24.3 Å². The molecule has 1 aromatic carbocycles. The summed E-state index contributed by atoms with van der Waals surface area (Å²) in [7, 11) is 0. The Balaban J connectivity index is 1.85. The molecular formula is C17H15Cl2FN2O2. The number of carbonyl (C=O) groups is 1. The van der Waals surface area contributed by atoms with Gasteiger partial charge in [0.15, 0.2) is 0 Å². The van der Waals surface area contributed by atoms with Gasteiger partial charge in [-0.25, -0.2) is 9.37 Å². The highest BCUT2D eigenvalue weighted by Crippen LogP contribution is 2.28. The molecule has 0 saturated carbocycles. The number of nitrogens with one attached hydrogen (secondary N) is 1. The van der Waals surface area contributed by atoms with E-state index in [1.807, 2.05) is 0 Å². The van der Waals surface area contributed by atoms with Crippen molar-refractivity contribution in [3.63, 3.8) is 0 Å². The van der Waals surface area contributed by atoms with Crippen LogP contribution in [0.4, 0.5) is 4.39 Å². The number of pyridine rings is 1. The second kappa shape index (κ2) is 7.47. The minimum absolute atomic E-state index is 0.0326. The molecule has 1 aliphatic heterocycles. The lowest BCUT2D eigenvalue weighted by atomic mass is 9.99. The molecule has 1 aliphatic rings. The van der Waals surface area contributed by atoms with Gasteiger partial charge in [0.05, 0.1) is 17.7 Å². The molecule has 0 unspecified atom stereocenters. The van der Waals surface area contributed by atoms with Crippen molar-refractivity contribution in [3.8, 4) is 0 Å². The molecule has 1 saturated heterocycles. The molecule has 0 bridgehead atoms. The molecule has 1 N–H and O–H groups in total. The van der Waals surface area contributed by atoms with E-state index >= 15 is 0 Å². The standard InChI is InChI=1S/C17H15Cl2FN2O2/c18-14-8-7-12(16(19)21-14)17(23)22-15(13-2-1-9-24-13)10-3-5-11(20)6-4-10/h3-8,13,15H,1-2,9H2,(H,22,23)/t13-,15-/m1/s1. The number of aromatic nitrogens is 1.